The molecule has 0 saturated carbocycles. The summed E-state index contributed by atoms with van der Waals surface area (Å²) in [6.45, 7) is 0.344. The first kappa shape index (κ1) is 21.3. The summed E-state index contributed by atoms with van der Waals surface area (Å²) in [6, 6.07) is 14.9. The lowest BCUT2D eigenvalue weighted by Gasteiger charge is -2.22. The van der Waals surface area contributed by atoms with E-state index in [1.54, 1.807) is 10.9 Å². The van der Waals surface area contributed by atoms with Gasteiger partial charge in [-0.15, -0.1) is 0 Å². The second-order valence-corrected chi connectivity index (χ2v) is 8.90. The Morgan fingerprint density at radius 2 is 1.82 bits per heavy atom. The normalized spacial score (nSPS) is 16.7. The second-order valence-electron chi connectivity index (χ2n) is 7.71. The van der Waals surface area contributed by atoms with Gasteiger partial charge in [0.15, 0.2) is 5.65 Å². The predicted molar refractivity (Wildman–Crippen MR) is 123 cm³/mol. The summed E-state index contributed by atoms with van der Waals surface area (Å²) in [5.41, 5.74) is 1.83. The minimum atomic E-state index is -0.463. The molecule has 0 spiro atoms. The number of benzene rings is 2. The Bertz CT molecular complexity index is 1310. The van der Waals surface area contributed by atoms with Crippen molar-refractivity contribution >= 4 is 34.6 Å². The zero-order valence-corrected chi connectivity index (χ0v) is 18.4. The molecule has 1 atom stereocenters. The molecule has 1 aliphatic heterocycles. The van der Waals surface area contributed by atoms with Crippen LogP contribution in [0.3, 0.4) is 0 Å². The van der Waals surface area contributed by atoms with Crippen LogP contribution in [0.15, 0.2) is 72.1 Å². The Labute approximate surface area is 193 Å². The molecule has 1 saturated heterocycles. The third kappa shape index (κ3) is 4.23. The summed E-state index contributed by atoms with van der Waals surface area (Å²) < 4.78 is 15.0. The van der Waals surface area contributed by atoms with Crippen molar-refractivity contribution in [3.63, 3.8) is 0 Å². The highest BCUT2D eigenvalue weighted by Crippen LogP contribution is 2.33. The molecule has 0 radical (unpaired) electrons. The number of aromatic nitrogens is 4. The van der Waals surface area contributed by atoms with Crippen molar-refractivity contribution in [3.05, 3.63) is 78.5 Å². The quantitative estimate of drug-likeness (QED) is 0.334. The molecule has 7 nitrogen and oxygen atoms in total. The zero-order valence-electron chi connectivity index (χ0n) is 17.6. The SMILES string of the molecule is O=C(c1ccc(F)cc1)N1CCCC[C@@H](Sc2ncnc3c2cnn3-c2ccccc2)C1=O. The third-order valence-electron chi connectivity index (χ3n) is 5.56. The lowest BCUT2D eigenvalue weighted by atomic mass is 10.2. The van der Waals surface area contributed by atoms with E-state index in [1.165, 1.54) is 47.3 Å². The van der Waals surface area contributed by atoms with E-state index in [4.69, 9.17) is 0 Å². The lowest BCUT2D eigenvalue weighted by molar-refractivity contribution is -0.127. The third-order valence-corrected chi connectivity index (χ3v) is 6.83. The van der Waals surface area contributed by atoms with Crippen molar-refractivity contribution in [2.45, 2.75) is 29.5 Å². The Morgan fingerprint density at radius 3 is 2.61 bits per heavy atom. The minimum Gasteiger partial charge on any atom is -0.278 e. The number of hydrogen-bond donors (Lipinski definition) is 0. The molecular formula is C24H20FN5O2S. The fourth-order valence-electron chi connectivity index (χ4n) is 3.88. The van der Waals surface area contributed by atoms with Gasteiger partial charge < -0.3 is 0 Å². The van der Waals surface area contributed by atoms with Crippen molar-refractivity contribution in [1.29, 1.82) is 0 Å². The van der Waals surface area contributed by atoms with E-state index in [9.17, 15) is 14.0 Å². The van der Waals surface area contributed by atoms with Gasteiger partial charge in [-0.05, 0) is 49.2 Å². The number of halogens is 1. The number of imide groups is 1. The number of amides is 2. The number of fused-ring (bicyclic) bond motifs is 1. The number of hydrogen-bond acceptors (Lipinski definition) is 6. The Morgan fingerprint density at radius 1 is 1.03 bits per heavy atom. The van der Waals surface area contributed by atoms with E-state index >= 15 is 0 Å². The zero-order chi connectivity index (χ0) is 22.8. The van der Waals surface area contributed by atoms with Gasteiger partial charge in [-0.3, -0.25) is 14.5 Å². The summed E-state index contributed by atoms with van der Waals surface area (Å²) in [5.74, 6) is -1.09. The number of rotatable bonds is 4. The summed E-state index contributed by atoms with van der Waals surface area (Å²) in [5, 5.41) is 5.40. The average molecular weight is 462 g/mol. The number of para-hydroxylation sites is 1. The van der Waals surface area contributed by atoms with Crippen molar-refractivity contribution < 1.29 is 14.0 Å². The molecule has 2 amide bonds. The Hall–Kier alpha value is -3.59. The van der Waals surface area contributed by atoms with Gasteiger partial charge in [0.1, 0.15) is 17.2 Å². The molecule has 2 aromatic heterocycles. The number of carbonyl (C=O) groups is 2. The van der Waals surface area contributed by atoms with Crippen LogP contribution in [-0.2, 0) is 4.79 Å². The van der Waals surface area contributed by atoms with Gasteiger partial charge in [-0.2, -0.15) is 5.10 Å². The van der Waals surface area contributed by atoms with Crippen LogP contribution in [0, 0.1) is 5.82 Å². The van der Waals surface area contributed by atoms with Crippen molar-refractivity contribution in [1.82, 2.24) is 24.6 Å². The fraction of sp³-hybridized carbons (Fsp3) is 0.208. The highest BCUT2D eigenvalue weighted by molar-refractivity contribution is 8.00. The molecular weight excluding hydrogens is 441 g/mol. The van der Waals surface area contributed by atoms with Crippen LogP contribution >= 0.6 is 11.8 Å². The monoisotopic (exact) mass is 461 g/mol. The molecule has 3 heterocycles. The first-order valence-electron chi connectivity index (χ1n) is 10.6. The minimum absolute atomic E-state index is 0.256. The van der Waals surface area contributed by atoms with Gasteiger partial charge in [-0.25, -0.2) is 19.0 Å². The fourth-order valence-corrected chi connectivity index (χ4v) is 5.04. The number of likely N-dealkylation sites (tertiary alicyclic amines) is 1. The summed E-state index contributed by atoms with van der Waals surface area (Å²) in [6.07, 6.45) is 5.34. The van der Waals surface area contributed by atoms with Crippen molar-refractivity contribution in [2.75, 3.05) is 6.54 Å². The molecule has 33 heavy (non-hydrogen) atoms. The van der Waals surface area contributed by atoms with Crippen LogP contribution in [0.2, 0.25) is 0 Å². The Kier molecular flexibility index (Phi) is 5.87. The van der Waals surface area contributed by atoms with Crippen LogP contribution in [-0.4, -0.2) is 48.3 Å². The van der Waals surface area contributed by atoms with E-state index in [0.29, 0.717) is 29.2 Å². The maximum atomic E-state index is 13.3. The number of carbonyl (C=O) groups excluding carboxylic acids is 2. The van der Waals surface area contributed by atoms with Crippen molar-refractivity contribution in [3.8, 4) is 5.69 Å². The van der Waals surface area contributed by atoms with E-state index in [0.717, 1.165) is 23.9 Å². The van der Waals surface area contributed by atoms with Crippen LogP contribution < -0.4 is 0 Å². The molecule has 0 bridgehead atoms. The van der Waals surface area contributed by atoms with Crippen LogP contribution in [0.25, 0.3) is 16.7 Å². The van der Waals surface area contributed by atoms with Crippen LogP contribution in [0.4, 0.5) is 4.39 Å². The van der Waals surface area contributed by atoms with Gasteiger partial charge in [0.05, 0.1) is 22.5 Å². The van der Waals surface area contributed by atoms with Gasteiger partial charge in [0, 0.05) is 12.1 Å². The van der Waals surface area contributed by atoms with Crippen LogP contribution in [0.1, 0.15) is 29.6 Å². The largest absolute Gasteiger partial charge is 0.278 e. The van der Waals surface area contributed by atoms with Gasteiger partial charge in [0.2, 0.25) is 5.91 Å². The van der Waals surface area contributed by atoms with Gasteiger partial charge >= 0.3 is 0 Å². The highest BCUT2D eigenvalue weighted by Gasteiger charge is 2.33. The summed E-state index contributed by atoms with van der Waals surface area (Å²) >= 11 is 1.33. The molecule has 1 fully saturated rings. The molecule has 2 aromatic carbocycles. The van der Waals surface area contributed by atoms with E-state index in [-0.39, 0.29) is 5.91 Å². The summed E-state index contributed by atoms with van der Waals surface area (Å²) in [4.78, 5) is 36.4. The van der Waals surface area contributed by atoms with Gasteiger partial charge in [-0.1, -0.05) is 36.4 Å². The molecule has 9 heteroatoms. The van der Waals surface area contributed by atoms with E-state index in [1.807, 2.05) is 30.3 Å². The predicted octanol–water partition coefficient (Wildman–Crippen LogP) is 4.27. The standard InChI is InChI=1S/C24H20FN5O2S/c25-17-11-9-16(10-12-17)23(31)29-13-5-4-8-20(24(29)32)33-22-19-14-28-30(21(19)26-15-27-22)18-6-2-1-3-7-18/h1-3,6-7,9-12,14-15,20H,4-5,8,13H2/t20-/m1/s1. The molecule has 0 unspecified atom stereocenters. The maximum Gasteiger partial charge on any atom is 0.260 e. The van der Waals surface area contributed by atoms with Crippen LogP contribution in [0.5, 0.6) is 0 Å². The molecule has 1 aliphatic rings. The second kappa shape index (κ2) is 9.11. The first-order valence-corrected chi connectivity index (χ1v) is 11.5. The molecule has 0 aliphatic carbocycles. The Balaban J connectivity index is 1.42. The molecule has 5 rings (SSSR count). The number of thioether (sulfide) groups is 1. The lowest BCUT2D eigenvalue weighted by Crippen LogP contribution is -2.41. The molecule has 0 N–H and O–H groups in total. The topological polar surface area (TPSA) is 81.0 Å². The molecule has 4 aromatic rings. The maximum absolute atomic E-state index is 13.3. The highest BCUT2D eigenvalue weighted by atomic mass is 32.2. The van der Waals surface area contributed by atoms with Gasteiger partial charge in [0.25, 0.3) is 5.91 Å². The molecule has 166 valence electrons. The van der Waals surface area contributed by atoms with E-state index in [2.05, 4.69) is 15.1 Å². The first-order chi connectivity index (χ1) is 16.1. The summed E-state index contributed by atoms with van der Waals surface area (Å²) in [7, 11) is 0. The van der Waals surface area contributed by atoms with Crippen molar-refractivity contribution in [2.24, 2.45) is 0 Å². The smallest absolute Gasteiger partial charge is 0.260 e. The number of nitrogens with zero attached hydrogens (tertiary/aromatic N) is 5. The average Bonchev–Trinajstić information content (AvgIpc) is 3.20. The van der Waals surface area contributed by atoms with E-state index < -0.39 is 17.0 Å².